The minimum atomic E-state index is -0.336. The number of halogens is 3. The average molecular weight is 327 g/mol. The molecule has 0 fully saturated rings. The van der Waals surface area contributed by atoms with Crippen LogP contribution in [-0.2, 0) is 6.42 Å². The first-order valence-corrected chi connectivity index (χ1v) is 6.74. The number of hydrogen-bond donors (Lipinski definition) is 0. The number of benzene rings is 2. The van der Waals surface area contributed by atoms with Crippen LogP contribution in [0.2, 0.25) is 0 Å². The molecular formula is C15H13BrF2O. The van der Waals surface area contributed by atoms with Crippen molar-refractivity contribution in [1.29, 1.82) is 0 Å². The molecule has 1 nitrogen and oxygen atoms in total. The van der Waals surface area contributed by atoms with Crippen molar-refractivity contribution in [3.63, 3.8) is 0 Å². The third-order valence-electron chi connectivity index (χ3n) is 2.85. The number of ether oxygens (including phenoxy) is 1. The topological polar surface area (TPSA) is 9.23 Å². The maximum Gasteiger partial charge on any atom is 0.131 e. The summed E-state index contributed by atoms with van der Waals surface area (Å²) in [6, 6.07) is 11.0. The van der Waals surface area contributed by atoms with Crippen LogP contribution < -0.4 is 4.74 Å². The van der Waals surface area contributed by atoms with Crippen LogP contribution in [0.15, 0.2) is 42.5 Å². The lowest BCUT2D eigenvalue weighted by molar-refractivity contribution is 0.404. The quantitative estimate of drug-likeness (QED) is 0.743. The Morgan fingerprint density at radius 3 is 2.58 bits per heavy atom. The van der Waals surface area contributed by atoms with Gasteiger partial charge in [0.25, 0.3) is 0 Å². The Kier molecular flexibility index (Phi) is 4.53. The molecule has 1 unspecified atom stereocenters. The van der Waals surface area contributed by atoms with Gasteiger partial charge >= 0.3 is 0 Å². The molecule has 1 atom stereocenters. The van der Waals surface area contributed by atoms with Gasteiger partial charge in [-0.3, -0.25) is 0 Å². The van der Waals surface area contributed by atoms with Crippen LogP contribution in [0.5, 0.6) is 5.75 Å². The van der Waals surface area contributed by atoms with E-state index in [4.69, 9.17) is 4.74 Å². The van der Waals surface area contributed by atoms with Crippen LogP contribution in [0.4, 0.5) is 8.78 Å². The molecule has 0 radical (unpaired) electrons. The first kappa shape index (κ1) is 14.0. The first-order valence-electron chi connectivity index (χ1n) is 5.82. The summed E-state index contributed by atoms with van der Waals surface area (Å²) in [7, 11) is 1.50. The minimum absolute atomic E-state index is 0.273. The molecule has 0 aromatic heterocycles. The van der Waals surface area contributed by atoms with Crippen molar-refractivity contribution in [1.82, 2.24) is 0 Å². The Hall–Kier alpha value is -1.42. The molecule has 0 N–H and O–H groups in total. The third-order valence-corrected chi connectivity index (χ3v) is 3.63. The van der Waals surface area contributed by atoms with Crippen molar-refractivity contribution in [2.75, 3.05) is 7.11 Å². The summed E-state index contributed by atoms with van der Waals surface area (Å²) in [6.45, 7) is 0. The van der Waals surface area contributed by atoms with Crippen LogP contribution in [0, 0.1) is 11.6 Å². The van der Waals surface area contributed by atoms with Gasteiger partial charge in [0.1, 0.15) is 17.4 Å². The lowest BCUT2D eigenvalue weighted by Crippen LogP contribution is -2.02. The number of rotatable bonds is 4. The summed E-state index contributed by atoms with van der Waals surface area (Å²) in [5, 5.41) is 0. The van der Waals surface area contributed by atoms with Crippen molar-refractivity contribution in [3.8, 4) is 5.75 Å². The van der Waals surface area contributed by atoms with Crippen LogP contribution in [0.1, 0.15) is 16.0 Å². The molecule has 0 amide bonds. The SMILES string of the molecule is COc1cccc(F)c1C(Br)Cc1cccc(F)c1. The van der Waals surface area contributed by atoms with E-state index in [1.165, 1.54) is 25.3 Å². The number of hydrogen-bond acceptors (Lipinski definition) is 1. The second-order valence-electron chi connectivity index (χ2n) is 4.16. The van der Waals surface area contributed by atoms with E-state index in [-0.39, 0.29) is 16.5 Å². The van der Waals surface area contributed by atoms with Crippen molar-refractivity contribution in [2.45, 2.75) is 11.2 Å². The molecule has 0 aliphatic carbocycles. The first-order chi connectivity index (χ1) is 9.11. The average Bonchev–Trinajstić information content (AvgIpc) is 2.38. The molecule has 0 aliphatic rings. The highest BCUT2D eigenvalue weighted by Gasteiger charge is 2.18. The third kappa shape index (κ3) is 3.32. The maximum atomic E-state index is 13.9. The van der Waals surface area contributed by atoms with Crippen LogP contribution in [-0.4, -0.2) is 7.11 Å². The molecule has 2 rings (SSSR count). The fourth-order valence-corrected chi connectivity index (χ4v) is 2.79. The standard InChI is InChI=1S/C15H13BrF2O/c1-19-14-7-3-6-13(18)15(14)12(16)9-10-4-2-5-11(17)8-10/h2-8,12H,9H2,1H3. The maximum absolute atomic E-state index is 13.9. The van der Waals surface area contributed by atoms with Gasteiger partial charge in [-0.1, -0.05) is 34.1 Å². The van der Waals surface area contributed by atoms with E-state index in [9.17, 15) is 8.78 Å². The summed E-state index contributed by atoms with van der Waals surface area (Å²) in [6.07, 6.45) is 0.481. The molecule has 0 heterocycles. The predicted octanol–water partition coefficient (Wildman–Crippen LogP) is 4.65. The van der Waals surface area contributed by atoms with E-state index in [0.29, 0.717) is 17.7 Å². The zero-order valence-corrected chi connectivity index (χ0v) is 12.0. The summed E-state index contributed by atoms with van der Waals surface area (Å²) < 4.78 is 32.2. The minimum Gasteiger partial charge on any atom is -0.496 e. The van der Waals surface area contributed by atoms with E-state index < -0.39 is 0 Å². The molecule has 2 aromatic rings. The van der Waals surface area contributed by atoms with Crippen LogP contribution >= 0.6 is 15.9 Å². The van der Waals surface area contributed by atoms with Crippen molar-refractivity contribution in [3.05, 3.63) is 65.2 Å². The zero-order chi connectivity index (χ0) is 13.8. The van der Waals surface area contributed by atoms with E-state index in [1.54, 1.807) is 18.2 Å². The highest BCUT2D eigenvalue weighted by atomic mass is 79.9. The zero-order valence-electron chi connectivity index (χ0n) is 10.4. The second-order valence-corrected chi connectivity index (χ2v) is 5.26. The summed E-state index contributed by atoms with van der Waals surface area (Å²) in [5.41, 5.74) is 1.25. The largest absolute Gasteiger partial charge is 0.496 e. The Labute approximate surface area is 119 Å². The van der Waals surface area contributed by atoms with Gasteiger partial charge in [-0.15, -0.1) is 0 Å². The highest BCUT2D eigenvalue weighted by molar-refractivity contribution is 9.09. The smallest absolute Gasteiger partial charge is 0.131 e. The summed E-state index contributed by atoms with van der Waals surface area (Å²) >= 11 is 3.45. The van der Waals surface area contributed by atoms with Gasteiger partial charge in [-0.25, -0.2) is 8.78 Å². The van der Waals surface area contributed by atoms with Crippen molar-refractivity contribution >= 4 is 15.9 Å². The van der Waals surface area contributed by atoms with E-state index in [2.05, 4.69) is 15.9 Å². The van der Waals surface area contributed by atoms with Crippen LogP contribution in [0.3, 0.4) is 0 Å². The Morgan fingerprint density at radius 1 is 1.16 bits per heavy atom. The molecule has 4 heteroatoms. The van der Waals surface area contributed by atoms with Crippen molar-refractivity contribution in [2.24, 2.45) is 0 Å². The van der Waals surface area contributed by atoms with Gasteiger partial charge in [-0.2, -0.15) is 0 Å². The lowest BCUT2D eigenvalue weighted by atomic mass is 10.0. The number of methoxy groups -OCH3 is 1. The van der Waals surface area contributed by atoms with Gasteiger partial charge < -0.3 is 4.74 Å². The number of alkyl halides is 1. The van der Waals surface area contributed by atoms with Gasteiger partial charge in [0, 0.05) is 5.56 Å². The molecule has 19 heavy (non-hydrogen) atoms. The molecule has 0 spiro atoms. The van der Waals surface area contributed by atoms with Gasteiger partial charge in [-0.05, 0) is 36.2 Å². The van der Waals surface area contributed by atoms with Crippen LogP contribution in [0.25, 0.3) is 0 Å². The summed E-state index contributed by atoms with van der Waals surface area (Å²) in [4.78, 5) is -0.273. The molecule has 0 bridgehead atoms. The van der Waals surface area contributed by atoms with E-state index >= 15 is 0 Å². The normalized spacial score (nSPS) is 12.2. The fourth-order valence-electron chi connectivity index (χ4n) is 1.97. The predicted molar refractivity (Wildman–Crippen MR) is 74.7 cm³/mol. The molecule has 0 saturated carbocycles. The van der Waals surface area contributed by atoms with Gasteiger partial charge in [0.05, 0.1) is 11.9 Å². The van der Waals surface area contributed by atoms with Gasteiger partial charge in [0.15, 0.2) is 0 Å². The molecule has 2 aromatic carbocycles. The summed E-state index contributed by atoms with van der Waals surface area (Å²) in [5.74, 6) is -0.145. The molecule has 0 aliphatic heterocycles. The Morgan fingerprint density at radius 2 is 1.89 bits per heavy atom. The molecular weight excluding hydrogens is 314 g/mol. The van der Waals surface area contributed by atoms with Gasteiger partial charge in [0.2, 0.25) is 0 Å². The van der Waals surface area contributed by atoms with E-state index in [0.717, 1.165) is 5.56 Å². The fraction of sp³-hybridized carbons (Fsp3) is 0.200. The Bertz CT molecular complexity index is 572. The molecule has 0 saturated heterocycles. The lowest BCUT2D eigenvalue weighted by Gasteiger charge is -2.15. The monoisotopic (exact) mass is 326 g/mol. The second kappa shape index (κ2) is 6.15. The van der Waals surface area contributed by atoms with Crippen molar-refractivity contribution < 1.29 is 13.5 Å². The molecule has 100 valence electrons. The van der Waals surface area contributed by atoms with E-state index in [1.807, 2.05) is 6.07 Å². The highest BCUT2D eigenvalue weighted by Crippen LogP contribution is 2.35. The Balaban J connectivity index is 2.27.